The van der Waals surface area contributed by atoms with Crippen molar-refractivity contribution in [3.05, 3.63) is 60.2 Å². The van der Waals surface area contributed by atoms with E-state index in [0.717, 1.165) is 21.9 Å². The first-order valence-electron chi connectivity index (χ1n) is 9.66. The number of nitrogens with one attached hydrogen (secondary N) is 1. The molecule has 2 atom stereocenters. The van der Waals surface area contributed by atoms with Crippen LogP contribution in [0.4, 0.5) is 10.5 Å². The number of hydrogen-bond acceptors (Lipinski definition) is 4. The fourth-order valence-corrected chi connectivity index (χ4v) is 4.89. The van der Waals surface area contributed by atoms with Crippen LogP contribution in [0, 0.1) is 0 Å². The Labute approximate surface area is 174 Å². The minimum absolute atomic E-state index is 0.257. The Morgan fingerprint density at radius 1 is 1.14 bits per heavy atom. The fourth-order valence-electron chi connectivity index (χ4n) is 3.77. The Hall–Kier alpha value is -2.80. The molecule has 0 bridgehead atoms. The third-order valence-electron chi connectivity index (χ3n) is 5.46. The van der Waals surface area contributed by atoms with Gasteiger partial charge in [-0.3, -0.25) is 14.5 Å². The predicted molar refractivity (Wildman–Crippen MR) is 113 cm³/mol. The van der Waals surface area contributed by atoms with E-state index in [4.69, 9.17) is 0 Å². The van der Waals surface area contributed by atoms with E-state index in [2.05, 4.69) is 12.2 Å². The van der Waals surface area contributed by atoms with Crippen molar-refractivity contribution in [2.45, 2.75) is 36.0 Å². The third-order valence-corrected chi connectivity index (χ3v) is 6.70. The lowest BCUT2D eigenvalue weighted by Gasteiger charge is -2.25. The maximum atomic E-state index is 13.2. The number of benzene rings is 2. The van der Waals surface area contributed by atoms with Crippen molar-refractivity contribution in [1.82, 2.24) is 10.2 Å². The van der Waals surface area contributed by atoms with Gasteiger partial charge in [0, 0.05) is 16.7 Å². The van der Waals surface area contributed by atoms with Gasteiger partial charge in [-0.25, -0.2) is 4.79 Å². The van der Waals surface area contributed by atoms with Gasteiger partial charge in [0.25, 0.3) is 5.91 Å². The molecule has 4 rings (SSSR count). The molecule has 1 N–H and O–H groups in total. The second-order valence-corrected chi connectivity index (χ2v) is 9.02. The number of para-hydroxylation sites is 1. The Bertz CT molecular complexity index is 965. The summed E-state index contributed by atoms with van der Waals surface area (Å²) in [5.74, 6) is -0.666. The van der Waals surface area contributed by atoms with E-state index in [1.807, 2.05) is 42.5 Å². The summed E-state index contributed by atoms with van der Waals surface area (Å²) in [4.78, 5) is 42.6. The fraction of sp³-hybridized carbons (Fsp3) is 0.318. The zero-order valence-electron chi connectivity index (χ0n) is 16.4. The molecule has 0 spiro atoms. The Kier molecular flexibility index (Phi) is 5.08. The van der Waals surface area contributed by atoms with Crippen LogP contribution in [0.1, 0.15) is 25.8 Å². The molecule has 2 heterocycles. The molecule has 0 aromatic heterocycles. The molecule has 150 valence electrons. The molecule has 2 unspecified atom stereocenters. The molecule has 29 heavy (non-hydrogen) atoms. The van der Waals surface area contributed by atoms with Crippen LogP contribution in [-0.2, 0) is 15.1 Å². The molecule has 0 radical (unpaired) electrons. The second-order valence-electron chi connectivity index (χ2n) is 7.54. The smallest absolute Gasteiger partial charge is 0.319 e. The minimum atomic E-state index is -1.17. The van der Waals surface area contributed by atoms with Crippen LogP contribution >= 0.6 is 11.8 Å². The van der Waals surface area contributed by atoms with Crippen LogP contribution in [0.3, 0.4) is 0 Å². The number of amides is 4. The molecule has 2 aromatic carbocycles. The molecule has 0 saturated carbocycles. The number of carbonyl (C=O) groups excluding carboxylic acids is 3. The van der Waals surface area contributed by atoms with E-state index in [9.17, 15) is 14.4 Å². The van der Waals surface area contributed by atoms with Gasteiger partial charge in [-0.15, -0.1) is 11.8 Å². The van der Waals surface area contributed by atoms with Crippen LogP contribution in [0.25, 0.3) is 0 Å². The van der Waals surface area contributed by atoms with E-state index in [0.29, 0.717) is 17.4 Å². The number of urea groups is 1. The number of imide groups is 1. The summed E-state index contributed by atoms with van der Waals surface area (Å²) in [7, 11) is 0. The molecule has 1 saturated heterocycles. The number of anilines is 1. The van der Waals surface area contributed by atoms with E-state index < -0.39 is 17.5 Å². The lowest BCUT2D eigenvalue weighted by Crippen LogP contribution is -2.45. The van der Waals surface area contributed by atoms with Crippen LogP contribution in [0.2, 0.25) is 0 Å². The standard InChI is InChI=1S/C22H23N3O3S/c1-15-12-13-24(17-10-6-7-11-18(17)29-15)19(26)14-25-20(27)22(2,23-21(25)28)16-8-4-3-5-9-16/h3-11,15H,12-14H2,1-2H3,(H,23,28). The van der Waals surface area contributed by atoms with Gasteiger partial charge in [0.15, 0.2) is 0 Å². The molecule has 2 aliphatic rings. The summed E-state index contributed by atoms with van der Waals surface area (Å²) in [6.07, 6.45) is 0.840. The summed E-state index contributed by atoms with van der Waals surface area (Å²) in [6.45, 7) is 4.09. The first-order chi connectivity index (χ1) is 13.9. The van der Waals surface area contributed by atoms with Gasteiger partial charge < -0.3 is 10.2 Å². The number of hydrogen-bond donors (Lipinski definition) is 1. The average molecular weight is 410 g/mol. The van der Waals surface area contributed by atoms with E-state index in [1.54, 1.807) is 35.7 Å². The summed E-state index contributed by atoms with van der Waals surface area (Å²) < 4.78 is 0. The number of fused-ring (bicyclic) bond motifs is 1. The number of rotatable bonds is 3. The quantitative estimate of drug-likeness (QED) is 0.789. The van der Waals surface area contributed by atoms with Crippen molar-refractivity contribution in [3.63, 3.8) is 0 Å². The second kappa shape index (κ2) is 7.55. The minimum Gasteiger partial charge on any atom is -0.319 e. The van der Waals surface area contributed by atoms with Gasteiger partial charge >= 0.3 is 6.03 Å². The Balaban J connectivity index is 1.57. The highest BCUT2D eigenvalue weighted by molar-refractivity contribution is 8.00. The first kappa shape index (κ1) is 19.5. The largest absolute Gasteiger partial charge is 0.325 e. The summed E-state index contributed by atoms with van der Waals surface area (Å²) in [6, 6.07) is 16.3. The molecule has 1 fully saturated rings. The van der Waals surface area contributed by atoms with Gasteiger partial charge in [0.2, 0.25) is 5.91 Å². The Morgan fingerprint density at radius 3 is 2.59 bits per heavy atom. The highest BCUT2D eigenvalue weighted by Gasteiger charge is 2.49. The highest BCUT2D eigenvalue weighted by Crippen LogP contribution is 2.37. The third kappa shape index (κ3) is 3.51. The normalized spacial score (nSPS) is 24.1. The molecule has 4 amide bonds. The van der Waals surface area contributed by atoms with Gasteiger partial charge in [-0.05, 0) is 31.0 Å². The first-order valence-corrected chi connectivity index (χ1v) is 10.5. The highest BCUT2D eigenvalue weighted by atomic mass is 32.2. The van der Waals surface area contributed by atoms with Gasteiger partial charge in [0.1, 0.15) is 12.1 Å². The number of nitrogens with zero attached hydrogens (tertiary/aromatic N) is 2. The number of thioether (sulfide) groups is 1. The van der Waals surface area contributed by atoms with Crippen molar-refractivity contribution in [2.75, 3.05) is 18.0 Å². The zero-order chi connectivity index (χ0) is 20.6. The van der Waals surface area contributed by atoms with E-state index >= 15 is 0 Å². The monoisotopic (exact) mass is 409 g/mol. The van der Waals surface area contributed by atoms with Crippen LogP contribution in [0.5, 0.6) is 0 Å². The molecule has 2 aliphatic heterocycles. The predicted octanol–water partition coefficient (Wildman–Crippen LogP) is 3.37. The van der Waals surface area contributed by atoms with Gasteiger partial charge in [-0.2, -0.15) is 0 Å². The molecule has 7 heteroatoms. The Morgan fingerprint density at radius 2 is 1.83 bits per heavy atom. The van der Waals surface area contributed by atoms with Crippen molar-refractivity contribution in [3.8, 4) is 0 Å². The van der Waals surface area contributed by atoms with Gasteiger partial charge in [-0.1, -0.05) is 49.4 Å². The molecular weight excluding hydrogens is 386 g/mol. The number of carbonyl (C=O) groups is 3. The molecular formula is C22H23N3O3S. The SMILES string of the molecule is CC1CCN(C(=O)CN2C(=O)NC(C)(c3ccccc3)C2=O)c2ccccc2S1. The van der Waals surface area contributed by atoms with Crippen LogP contribution in [0.15, 0.2) is 59.5 Å². The lowest BCUT2D eigenvalue weighted by atomic mass is 9.92. The summed E-state index contributed by atoms with van der Waals surface area (Å²) in [5.41, 5.74) is 0.364. The van der Waals surface area contributed by atoms with Crippen molar-refractivity contribution in [1.29, 1.82) is 0 Å². The zero-order valence-corrected chi connectivity index (χ0v) is 17.2. The maximum Gasteiger partial charge on any atom is 0.325 e. The van der Waals surface area contributed by atoms with E-state index in [-0.39, 0.29) is 12.5 Å². The van der Waals surface area contributed by atoms with Crippen molar-refractivity contribution >= 4 is 35.3 Å². The molecule has 6 nitrogen and oxygen atoms in total. The van der Waals surface area contributed by atoms with Gasteiger partial charge in [0.05, 0.1) is 5.69 Å². The van der Waals surface area contributed by atoms with Crippen molar-refractivity contribution in [2.24, 2.45) is 0 Å². The van der Waals surface area contributed by atoms with E-state index in [1.165, 1.54) is 0 Å². The van der Waals surface area contributed by atoms with Crippen LogP contribution < -0.4 is 10.2 Å². The summed E-state index contributed by atoms with van der Waals surface area (Å²) in [5, 5.41) is 3.14. The molecule has 2 aromatic rings. The molecule has 0 aliphatic carbocycles. The van der Waals surface area contributed by atoms with Crippen molar-refractivity contribution < 1.29 is 14.4 Å². The summed E-state index contributed by atoms with van der Waals surface area (Å²) >= 11 is 1.74. The average Bonchev–Trinajstić information content (AvgIpc) is 2.85. The maximum absolute atomic E-state index is 13.2. The lowest BCUT2D eigenvalue weighted by molar-refractivity contribution is -0.134. The van der Waals surface area contributed by atoms with Crippen LogP contribution in [-0.4, -0.2) is 41.1 Å². The topological polar surface area (TPSA) is 69.7 Å².